The Kier molecular flexibility index (Phi) is 16.6. The lowest BCUT2D eigenvalue weighted by molar-refractivity contribution is -0.745. The number of aryl methyl sites for hydroxylation is 1. The molecule has 8 heterocycles. The summed E-state index contributed by atoms with van der Waals surface area (Å²) in [6.45, 7) is -8.71. The van der Waals surface area contributed by atoms with Crippen molar-refractivity contribution in [2.75, 3.05) is 52.5 Å². The summed E-state index contributed by atoms with van der Waals surface area (Å²) >= 11 is 4.76. The van der Waals surface area contributed by atoms with E-state index in [1.54, 1.807) is 0 Å². The Bertz CT molecular complexity index is 3400. The predicted octanol–water partition coefficient (Wildman–Crippen LogP) is -4.59. The molecule has 12 N–H and O–H groups in total. The van der Waals surface area contributed by atoms with Crippen LogP contribution in [-0.2, 0) is 78.5 Å². The summed E-state index contributed by atoms with van der Waals surface area (Å²) in [5, 5.41) is 33.0. The van der Waals surface area contributed by atoms with E-state index < -0.39 is 152 Å². The number of H-pyrrole nitrogens is 2. The van der Waals surface area contributed by atoms with E-state index in [4.69, 9.17) is 55.8 Å². The summed E-state index contributed by atoms with van der Waals surface area (Å²) in [6.07, 6.45) is -12.5. The highest BCUT2D eigenvalue weighted by atomic mass is 32.5. The zero-order valence-electron chi connectivity index (χ0n) is 39.6. The van der Waals surface area contributed by atoms with E-state index in [2.05, 4.69) is 33.5 Å². The molecule has 418 valence electrons. The first-order valence-corrected chi connectivity index (χ1v) is 29.1. The number of rotatable bonds is 20. The van der Waals surface area contributed by atoms with Crippen molar-refractivity contribution in [1.82, 2.24) is 48.5 Å². The van der Waals surface area contributed by atoms with Crippen LogP contribution >= 0.6 is 30.0 Å². The second-order valence-electron chi connectivity index (χ2n) is 17.4. The number of nitrogens with zero attached hydrogens (tertiary/aromatic N) is 9. The normalized spacial score (nSPS) is 30.0. The second kappa shape index (κ2) is 21.9. The number of aliphatic hydroxyl groups excluding tert-OH is 3. The van der Waals surface area contributed by atoms with Crippen molar-refractivity contribution in [3.05, 3.63) is 62.4 Å². The average molecular weight is 1180 g/mol. The molecule has 0 saturated carbocycles. The lowest BCUT2D eigenvalue weighted by Gasteiger charge is -2.35. The van der Waals surface area contributed by atoms with Crippen molar-refractivity contribution >= 4 is 81.8 Å². The molecule has 3 saturated heterocycles. The summed E-state index contributed by atoms with van der Waals surface area (Å²) in [6, 6.07) is 0.923. The topological polar surface area (TPSA) is 504 Å². The number of nitrogens with one attached hydrogen (secondary N) is 2. The number of ether oxygens (including phenoxy) is 4. The summed E-state index contributed by atoms with van der Waals surface area (Å²) in [7, 11) is -11.7. The average Bonchev–Trinajstić information content (AvgIpc) is 4.13. The predicted molar refractivity (Wildman–Crippen MR) is 252 cm³/mol. The van der Waals surface area contributed by atoms with Gasteiger partial charge in [-0.05, 0) is 11.8 Å². The van der Waals surface area contributed by atoms with E-state index in [1.807, 2.05) is 4.98 Å². The van der Waals surface area contributed by atoms with Crippen LogP contribution in [0, 0.1) is 5.92 Å². The van der Waals surface area contributed by atoms with Crippen molar-refractivity contribution in [2.24, 2.45) is 13.0 Å². The van der Waals surface area contributed by atoms with Crippen LogP contribution in [0.4, 0.5) is 11.8 Å². The minimum Gasteiger partial charge on any atom is -0.778 e. The molecule has 5 aromatic heterocycles. The molecule has 0 aliphatic carbocycles. The molecule has 16 atom stereocenters. The van der Waals surface area contributed by atoms with Gasteiger partial charge in [0.1, 0.15) is 50.0 Å². The number of phosphoric acid groups is 2. The SMILES string of the molecule is CO[C@@H]1[C@H](P(=O)([O-])OC[C@H]2O[C@@H](n3ccc(=O)[nH]c3=O)[C@H](O)[C@@H]2O)[C@@H](COP(=O)(O)OP(O)(=S)OP(=O)(O)OC[C@H]2OC([n+]3cn(C)c4c(=O)[nH]c(N)nc43)[C@H](O)[C@@H]2CC(=O)N(C)C)O[C@H]1n1cnc2c(N)ncnc21. The largest absolute Gasteiger partial charge is 0.778 e. The third-order valence-corrected chi connectivity index (χ3v) is 19.5. The Morgan fingerprint density at radius 3 is 2.18 bits per heavy atom. The van der Waals surface area contributed by atoms with Crippen LogP contribution in [0.15, 0.2) is 45.6 Å². The zero-order chi connectivity index (χ0) is 55.6. The lowest BCUT2D eigenvalue weighted by Crippen LogP contribution is -2.45. The molecule has 36 nitrogen and oxygen atoms in total. The van der Waals surface area contributed by atoms with Crippen LogP contribution in [0.25, 0.3) is 22.3 Å². The molecule has 3 fully saturated rings. The van der Waals surface area contributed by atoms with Crippen LogP contribution in [0.2, 0.25) is 0 Å². The number of nitrogens with two attached hydrogens (primary N) is 2. The van der Waals surface area contributed by atoms with Crippen molar-refractivity contribution in [2.45, 2.75) is 73.5 Å². The molecule has 5 unspecified atom stereocenters. The molecule has 5 aromatic rings. The van der Waals surface area contributed by atoms with Gasteiger partial charge in [0.2, 0.25) is 17.7 Å². The number of phosphoric ester groups is 2. The molecule has 0 spiro atoms. The van der Waals surface area contributed by atoms with Gasteiger partial charge in [0.05, 0.1) is 51.1 Å². The summed E-state index contributed by atoms with van der Waals surface area (Å²) < 4.78 is 93.3. The van der Waals surface area contributed by atoms with Gasteiger partial charge in [-0.3, -0.25) is 47.1 Å². The molecular formula is C35H49N13O23P4S. The Morgan fingerprint density at radius 1 is 0.895 bits per heavy atom. The third-order valence-electron chi connectivity index (χ3n) is 12.2. The summed E-state index contributed by atoms with van der Waals surface area (Å²) in [5.74, 6) is -2.10. The van der Waals surface area contributed by atoms with Crippen molar-refractivity contribution in [3.63, 3.8) is 0 Å². The van der Waals surface area contributed by atoms with E-state index in [9.17, 15) is 67.8 Å². The number of hydrogen-bond acceptors (Lipinski definition) is 27. The first-order valence-electron chi connectivity index (χ1n) is 21.9. The van der Waals surface area contributed by atoms with Crippen LogP contribution in [-0.4, -0.2) is 174 Å². The highest BCUT2D eigenvalue weighted by Gasteiger charge is 2.55. The van der Waals surface area contributed by atoms with Gasteiger partial charge >= 0.3 is 33.7 Å². The van der Waals surface area contributed by atoms with Crippen LogP contribution < -0.4 is 37.7 Å². The number of hydrogen-bond donors (Lipinski definition) is 10. The molecule has 3 aliphatic rings. The molecule has 8 rings (SSSR count). The van der Waals surface area contributed by atoms with Gasteiger partial charge in [0, 0.05) is 45.8 Å². The van der Waals surface area contributed by atoms with E-state index in [1.165, 1.54) is 46.1 Å². The molecule has 0 radical (unpaired) electrons. The number of methoxy groups -OCH3 is 1. The van der Waals surface area contributed by atoms with Crippen LogP contribution in [0.1, 0.15) is 25.1 Å². The minimum absolute atomic E-state index is 0.0102. The Morgan fingerprint density at radius 2 is 1.54 bits per heavy atom. The van der Waals surface area contributed by atoms with Gasteiger partial charge in [0.25, 0.3) is 17.1 Å². The van der Waals surface area contributed by atoms with Gasteiger partial charge in [0.15, 0.2) is 30.2 Å². The molecule has 0 bridgehead atoms. The standard InChI is InChI=1S/C35H49N13O23P4S/c1-44(2)19(50)7-14-15(67-31(22(14)51)48-13-45(3)21-29(48)42-34(37)43-30(21)54)8-65-73(58,59)70-75(62,76)71-74(60,61)66-10-17-26(25(63-4)33(69-17)47-12-40-20-27(36)38-11-39-28(20)47)72(56,57)64-9-16-23(52)24(53)32(68-16)46-6-5-18(49)41-35(46)55/h5-6,11-17,22-26,31-33,51-53H,7-10H2,1-4H3,(H9-,36,37,38,39,41,42,43,49,54,55,56,57,58,59,60,61,62,76)/t14-,15-,16-,17-,22-,23-,24-,25-,26-,31?,32-,33-,75?/m1/s1. The number of anilines is 2. The fourth-order valence-corrected chi connectivity index (χ4v) is 15.5. The highest BCUT2D eigenvalue weighted by Crippen LogP contribution is 2.68. The summed E-state index contributed by atoms with van der Waals surface area (Å²) in [5.41, 5.74) is 7.17. The number of fused-ring (bicyclic) bond motifs is 2. The molecule has 41 heteroatoms. The van der Waals surface area contributed by atoms with Crippen LogP contribution in [0.5, 0.6) is 0 Å². The van der Waals surface area contributed by atoms with E-state index in [0.717, 1.165) is 36.6 Å². The van der Waals surface area contributed by atoms with E-state index in [-0.39, 0.29) is 34.1 Å². The first kappa shape index (κ1) is 57.5. The highest BCUT2D eigenvalue weighted by molar-refractivity contribution is 8.09. The fraction of sp³-hybridized carbons (Fsp3) is 0.571. The Labute approximate surface area is 429 Å². The maximum Gasteiger partial charge on any atom is 0.479 e. The van der Waals surface area contributed by atoms with E-state index >= 15 is 0 Å². The summed E-state index contributed by atoms with van der Waals surface area (Å²) in [4.78, 5) is 118. The third kappa shape index (κ3) is 11.8. The number of imidazole rings is 2. The second-order valence-corrected chi connectivity index (χ2v) is 25.3. The lowest BCUT2D eigenvalue weighted by atomic mass is 9.94. The van der Waals surface area contributed by atoms with Gasteiger partial charge in [-0.1, -0.05) is 4.98 Å². The van der Waals surface area contributed by atoms with E-state index in [0.29, 0.717) is 0 Å². The molecule has 1 amide bonds. The molecule has 76 heavy (non-hydrogen) atoms. The molecule has 0 aromatic carbocycles. The van der Waals surface area contributed by atoms with Crippen molar-refractivity contribution in [1.29, 1.82) is 0 Å². The van der Waals surface area contributed by atoms with Crippen LogP contribution in [0.3, 0.4) is 0 Å². The Hall–Kier alpha value is -4.65. The monoisotopic (exact) mass is 1180 g/mol. The van der Waals surface area contributed by atoms with Gasteiger partial charge in [-0.15, -0.1) is 0 Å². The number of carbonyl (C=O) groups is 1. The molecular weight excluding hydrogens is 1130 g/mol. The van der Waals surface area contributed by atoms with Gasteiger partial charge in [-0.2, -0.15) is 0 Å². The number of amides is 1. The Balaban J connectivity index is 0.969. The molecule has 3 aliphatic heterocycles. The maximum absolute atomic E-state index is 14.2. The first-order chi connectivity index (χ1) is 35.5. The van der Waals surface area contributed by atoms with Crippen molar-refractivity contribution < 1.29 is 99.1 Å². The quantitative estimate of drug-likeness (QED) is 0.0259. The van der Waals surface area contributed by atoms with Gasteiger partial charge < -0.3 is 79.3 Å². The minimum atomic E-state index is -5.83. The number of aromatic amines is 2. The number of aromatic nitrogens is 10. The smallest absolute Gasteiger partial charge is 0.479 e. The number of nitrogen functional groups attached to an aromatic ring is 2. The maximum atomic E-state index is 14.2. The zero-order valence-corrected chi connectivity index (χ0v) is 44.0. The number of aliphatic hydroxyl groups is 3. The number of carbonyl (C=O) groups excluding carboxylic acids is 1. The van der Waals surface area contributed by atoms with Gasteiger partial charge in [-0.25, -0.2) is 42.1 Å². The fourth-order valence-electron chi connectivity index (χ4n) is 8.70. The van der Waals surface area contributed by atoms with Crippen molar-refractivity contribution in [3.8, 4) is 0 Å².